The Morgan fingerprint density at radius 1 is 0.889 bits per heavy atom. The summed E-state index contributed by atoms with van der Waals surface area (Å²) in [4.78, 5) is 43.6. The Bertz CT molecular complexity index is 2090. The van der Waals surface area contributed by atoms with E-state index in [0.717, 1.165) is 53.9 Å². The van der Waals surface area contributed by atoms with Crippen LogP contribution in [0.1, 0.15) is 80.3 Å². The molecule has 6 fully saturated rings. The van der Waals surface area contributed by atoms with Gasteiger partial charge in [0.05, 0.1) is 32.5 Å². The number of hydrogen-bond donors (Lipinski definition) is 3. The van der Waals surface area contributed by atoms with E-state index in [1.54, 1.807) is 25.3 Å². The number of aryl methyl sites for hydroxylation is 1. The van der Waals surface area contributed by atoms with Gasteiger partial charge in [-0.15, -0.1) is 11.6 Å². The quantitative estimate of drug-likeness (QED) is 0.114. The molecule has 2 amide bonds. The number of fused-ring (bicyclic) bond motifs is 2. The summed E-state index contributed by atoms with van der Waals surface area (Å²) in [5.41, 5.74) is 2.21. The maximum Gasteiger partial charge on any atom is 0.411 e. The number of methoxy groups -OCH3 is 3. The zero-order valence-corrected chi connectivity index (χ0v) is 31.8. The van der Waals surface area contributed by atoms with Gasteiger partial charge in [-0.05, 0) is 111 Å². The molecule has 1 aliphatic heterocycles. The van der Waals surface area contributed by atoms with Crippen molar-refractivity contribution in [3.63, 3.8) is 0 Å². The number of halogens is 1. The van der Waals surface area contributed by atoms with Gasteiger partial charge in [-0.25, -0.2) is 14.6 Å². The SMILES string of the molecule is COc1cc2cc(C(=O)Nc3cc(NC(=O)OC4CCC[C@@]5(C4)CC4(OO5)C5CC6CC(C5)CC4C6)c4ccccc4c3CCCl)[nH]c2c(OC)c1OC. The molecule has 6 aliphatic rings. The van der Waals surface area contributed by atoms with Crippen molar-refractivity contribution in [3.8, 4) is 17.2 Å². The van der Waals surface area contributed by atoms with Crippen LogP contribution in [0.4, 0.5) is 16.2 Å². The molecule has 54 heavy (non-hydrogen) atoms. The smallest absolute Gasteiger partial charge is 0.411 e. The number of benzene rings is 3. The van der Waals surface area contributed by atoms with E-state index in [1.165, 1.54) is 46.3 Å². The van der Waals surface area contributed by atoms with Crippen LogP contribution in [0.2, 0.25) is 0 Å². The highest BCUT2D eigenvalue weighted by Gasteiger charge is 2.65. The van der Waals surface area contributed by atoms with Crippen LogP contribution >= 0.6 is 11.6 Å². The van der Waals surface area contributed by atoms with E-state index in [4.69, 9.17) is 40.3 Å². The number of amides is 2. The highest BCUT2D eigenvalue weighted by Crippen LogP contribution is 2.65. The van der Waals surface area contributed by atoms with Gasteiger partial charge in [0.25, 0.3) is 5.91 Å². The largest absolute Gasteiger partial charge is 0.493 e. The normalized spacial score (nSPS) is 29.6. The Hall–Kier alpha value is -4.19. The molecule has 12 heteroatoms. The van der Waals surface area contributed by atoms with Crippen LogP contribution in [0.5, 0.6) is 17.2 Å². The molecule has 5 saturated carbocycles. The number of aromatic amines is 1. The van der Waals surface area contributed by atoms with Crippen molar-refractivity contribution in [3.05, 3.63) is 53.7 Å². The summed E-state index contributed by atoms with van der Waals surface area (Å²) in [5, 5.41) is 8.51. The first-order valence-electron chi connectivity index (χ1n) is 19.3. The number of hydrogen-bond acceptors (Lipinski definition) is 8. The van der Waals surface area contributed by atoms with Gasteiger partial charge in [0.15, 0.2) is 11.5 Å². The minimum absolute atomic E-state index is 0.180. The van der Waals surface area contributed by atoms with E-state index in [1.807, 2.05) is 24.3 Å². The molecule has 3 aromatic carbocycles. The van der Waals surface area contributed by atoms with Crippen molar-refractivity contribution >= 4 is 56.7 Å². The fourth-order valence-corrected chi connectivity index (χ4v) is 11.3. The molecule has 10 rings (SSSR count). The summed E-state index contributed by atoms with van der Waals surface area (Å²) >= 11 is 6.31. The van der Waals surface area contributed by atoms with E-state index in [9.17, 15) is 9.59 Å². The van der Waals surface area contributed by atoms with Crippen LogP contribution in [0, 0.1) is 23.7 Å². The lowest BCUT2D eigenvalue weighted by molar-refractivity contribution is -0.386. The highest BCUT2D eigenvalue weighted by molar-refractivity contribution is 6.18. The Labute approximate surface area is 319 Å². The first kappa shape index (κ1) is 35.5. The number of aromatic nitrogens is 1. The average Bonchev–Trinajstić information content (AvgIpc) is 3.76. The number of H-pyrrole nitrogens is 1. The van der Waals surface area contributed by atoms with Crippen molar-refractivity contribution in [1.82, 2.24) is 4.98 Å². The van der Waals surface area contributed by atoms with E-state index in [0.29, 0.717) is 75.8 Å². The predicted octanol–water partition coefficient (Wildman–Crippen LogP) is 9.16. The Kier molecular flexibility index (Phi) is 9.10. The Morgan fingerprint density at radius 2 is 1.63 bits per heavy atom. The summed E-state index contributed by atoms with van der Waals surface area (Å²) in [6, 6.07) is 13.1. The molecule has 2 heterocycles. The molecule has 2 spiro atoms. The summed E-state index contributed by atoms with van der Waals surface area (Å²) in [6.45, 7) is 0. The number of alkyl halides is 1. The van der Waals surface area contributed by atoms with Gasteiger partial charge in [-0.1, -0.05) is 24.3 Å². The van der Waals surface area contributed by atoms with Gasteiger partial charge in [-0.3, -0.25) is 10.1 Å². The molecule has 286 valence electrons. The predicted molar refractivity (Wildman–Crippen MR) is 206 cm³/mol. The third-order valence-electron chi connectivity index (χ3n) is 13.2. The second-order valence-corrected chi connectivity index (χ2v) is 16.6. The Morgan fingerprint density at radius 3 is 2.33 bits per heavy atom. The van der Waals surface area contributed by atoms with Crippen LogP contribution in [-0.2, 0) is 20.9 Å². The van der Waals surface area contributed by atoms with Crippen molar-refractivity contribution in [2.24, 2.45) is 23.7 Å². The fraction of sp³-hybridized carbons (Fsp3) is 0.524. The molecule has 1 unspecified atom stereocenters. The monoisotopic (exact) mass is 757 g/mol. The topological polar surface area (TPSA) is 129 Å². The summed E-state index contributed by atoms with van der Waals surface area (Å²) in [7, 11) is 4.61. The molecule has 1 saturated heterocycles. The molecule has 0 radical (unpaired) electrons. The third kappa shape index (κ3) is 5.94. The lowest BCUT2D eigenvalue weighted by Crippen LogP contribution is -2.58. The van der Waals surface area contributed by atoms with Crippen LogP contribution in [-0.4, -0.2) is 61.5 Å². The number of carbonyl (C=O) groups excluding carboxylic acids is 2. The fourth-order valence-electron chi connectivity index (χ4n) is 11.1. The second-order valence-electron chi connectivity index (χ2n) is 16.2. The standard InChI is InChI=1S/C42H48ClN3O8/c1-49-35-19-25-18-34(44-36(25)38(51-3)37(35)50-2)39(47)45-32-20-33(30-9-5-4-8-29(30)31(32)10-12-43)46-40(48)52-28-7-6-11-41(21-28)22-42(54-53-41)26-14-23-13-24(16-26)17-27(42)15-23/h4-5,8-9,18-20,23-24,26-28,44H,6-7,10-17,21-22H2,1-3H3,(H,45,47)(H,46,48)/t23?,24?,26?,27?,28?,41-,42?/m1/s1. The van der Waals surface area contributed by atoms with Crippen molar-refractivity contribution < 1.29 is 38.3 Å². The number of carbonyl (C=O) groups is 2. The molecule has 4 aromatic rings. The molecule has 2 atom stereocenters. The summed E-state index contributed by atoms with van der Waals surface area (Å²) in [5.74, 6) is 4.14. The van der Waals surface area contributed by atoms with Gasteiger partial charge in [0.1, 0.15) is 23.0 Å². The minimum Gasteiger partial charge on any atom is -0.493 e. The van der Waals surface area contributed by atoms with Gasteiger partial charge < -0.3 is 29.2 Å². The van der Waals surface area contributed by atoms with E-state index < -0.39 is 11.7 Å². The highest BCUT2D eigenvalue weighted by atomic mass is 35.5. The lowest BCUT2D eigenvalue weighted by Gasteiger charge is -2.58. The molecule has 4 bridgehead atoms. The zero-order valence-electron chi connectivity index (χ0n) is 31.1. The maximum absolute atomic E-state index is 13.9. The second kappa shape index (κ2) is 13.8. The first-order chi connectivity index (χ1) is 26.2. The number of ether oxygens (including phenoxy) is 4. The van der Waals surface area contributed by atoms with Crippen LogP contribution in [0.3, 0.4) is 0 Å². The average molecular weight is 758 g/mol. The minimum atomic E-state index is -0.543. The molecule has 11 nitrogen and oxygen atoms in total. The zero-order chi connectivity index (χ0) is 37.2. The lowest BCUT2D eigenvalue weighted by atomic mass is 9.48. The van der Waals surface area contributed by atoms with Crippen LogP contribution < -0.4 is 24.8 Å². The molecular weight excluding hydrogens is 710 g/mol. The number of anilines is 2. The molecule has 3 N–H and O–H groups in total. The van der Waals surface area contributed by atoms with Gasteiger partial charge >= 0.3 is 6.09 Å². The van der Waals surface area contributed by atoms with E-state index in [2.05, 4.69) is 15.6 Å². The van der Waals surface area contributed by atoms with E-state index in [-0.39, 0.29) is 17.6 Å². The number of rotatable bonds is 9. The molecule has 1 aromatic heterocycles. The van der Waals surface area contributed by atoms with Crippen molar-refractivity contribution in [2.45, 2.75) is 87.9 Å². The molecular formula is C42H48ClN3O8. The van der Waals surface area contributed by atoms with Gasteiger partial charge in [0, 0.05) is 35.2 Å². The summed E-state index contributed by atoms with van der Waals surface area (Å²) in [6.07, 6.45) is 10.2. The summed E-state index contributed by atoms with van der Waals surface area (Å²) < 4.78 is 22.8. The van der Waals surface area contributed by atoms with Crippen LogP contribution in [0.25, 0.3) is 21.7 Å². The van der Waals surface area contributed by atoms with Crippen molar-refractivity contribution in [2.75, 3.05) is 37.8 Å². The van der Waals surface area contributed by atoms with E-state index >= 15 is 0 Å². The van der Waals surface area contributed by atoms with Gasteiger partial charge in [0.2, 0.25) is 5.75 Å². The van der Waals surface area contributed by atoms with Crippen LogP contribution in [0.15, 0.2) is 42.5 Å². The maximum atomic E-state index is 13.9. The van der Waals surface area contributed by atoms with Gasteiger partial charge in [-0.2, -0.15) is 0 Å². The number of nitrogens with one attached hydrogen (secondary N) is 3. The third-order valence-corrected chi connectivity index (χ3v) is 13.4. The first-order valence-corrected chi connectivity index (χ1v) is 19.9. The Balaban J connectivity index is 0.948. The molecule has 5 aliphatic carbocycles. The van der Waals surface area contributed by atoms with Crippen molar-refractivity contribution in [1.29, 1.82) is 0 Å².